The minimum Gasteiger partial charge on any atom is -0.480 e. The maximum atomic E-state index is 12.6. The second-order valence-electron chi connectivity index (χ2n) is 6.82. The van der Waals surface area contributed by atoms with Gasteiger partial charge in [-0.05, 0) is 43.3 Å². The number of aliphatic carboxylic acids is 1. The fraction of sp³-hybridized carbons (Fsp3) is 0.136. The van der Waals surface area contributed by atoms with Crippen molar-refractivity contribution < 1.29 is 24.2 Å². The van der Waals surface area contributed by atoms with Crippen molar-refractivity contribution in [3.05, 3.63) is 59.7 Å². The molecule has 162 valence electrons. The number of hydrogen-bond donors (Lipinski definition) is 3. The summed E-state index contributed by atoms with van der Waals surface area (Å²) in [4.78, 5) is 44.6. The third-order valence-electron chi connectivity index (χ3n) is 4.77. The van der Waals surface area contributed by atoms with E-state index in [1.807, 2.05) is 12.1 Å². The number of carbonyl (C=O) groups excluding carboxylic acids is 2. The molecule has 1 amide bonds. The maximum Gasteiger partial charge on any atom is 0.344 e. The van der Waals surface area contributed by atoms with E-state index in [4.69, 9.17) is 15.6 Å². The number of carbonyl (C=O) groups is 3. The first-order valence-corrected chi connectivity index (χ1v) is 9.75. The number of aromatic nitrogens is 3. The molecule has 2 aromatic heterocycles. The zero-order chi connectivity index (χ0) is 22.8. The van der Waals surface area contributed by atoms with Crippen LogP contribution in [0.1, 0.15) is 27.6 Å². The second kappa shape index (κ2) is 8.34. The zero-order valence-electron chi connectivity index (χ0n) is 17.0. The third-order valence-corrected chi connectivity index (χ3v) is 4.77. The lowest BCUT2D eigenvalue weighted by molar-refractivity contribution is -0.135. The molecule has 0 aliphatic heterocycles. The first-order chi connectivity index (χ1) is 15.4. The van der Waals surface area contributed by atoms with Crippen LogP contribution in [-0.2, 0) is 9.53 Å². The number of anilines is 1. The molecule has 10 heteroatoms. The van der Waals surface area contributed by atoms with E-state index in [-0.39, 0.29) is 23.6 Å². The van der Waals surface area contributed by atoms with E-state index in [1.54, 1.807) is 35.8 Å². The van der Waals surface area contributed by atoms with Gasteiger partial charge in [-0.2, -0.15) is 0 Å². The predicted molar refractivity (Wildman–Crippen MR) is 117 cm³/mol. The minimum atomic E-state index is -1.14. The lowest BCUT2D eigenvalue weighted by Crippen LogP contribution is -2.29. The molecule has 0 aliphatic carbocycles. The number of hydrogen-bond acceptors (Lipinski definition) is 7. The maximum absolute atomic E-state index is 12.6. The number of para-hydroxylation sites is 2. The fourth-order valence-electron chi connectivity index (χ4n) is 3.35. The van der Waals surface area contributed by atoms with Gasteiger partial charge in [0.25, 0.3) is 5.91 Å². The van der Waals surface area contributed by atoms with Crippen LogP contribution in [0, 0.1) is 0 Å². The molecule has 32 heavy (non-hydrogen) atoms. The Hall–Kier alpha value is -4.47. The van der Waals surface area contributed by atoms with Crippen LogP contribution in [-0.4, -0.2) is 50.6 Å². The molecule has 0 aliphatic rings. The molecule has 4 rings (SSSR count). The number of carboxylic acids is 1. The van der Waals surface area contributed by atoms with E-state index in [9.17, 15) is 14.4 Å². The first kappa shape index (κ1) is 20.8. The average molecular weight is 433 g/mol. The quantitative estimate of drug-likeness (QED) is 0.392. The summed E-state index contributed by atoms with van der Waals surface area (Å²) in [5.74, 6) is -2.17. The van der Waals surface area contributed by atoms with E-state index in [0.29, 0.717) is 27.9 Å². The van der Waals surface area contributed by atoms with Crippen LogP contribution in [0.15, 0.2) is 48.5 Å². The van der Waals surface area contributed by atoms with Crippen LogP contribution >= 0.6 is 0 Å². The summed E-state index contributed by atoms with van der Waals surface area (Å²) in [6.07, 6.45) is 0. The number of carboxylic acid groups (broad SMARTS) is 1. The van der Waals surface area contributed by atoms with Crippen LogP contribution in [0.5, 0.6) is 0 Å². The van der Waals surface area contributed by atoms with E-state index >= 15 is 0 Å². The standard InChI is InChI=1S/C22H19N5O5/c1-2-32-22(31)17-18-20(26-15-6-4-3-5-14(15)25-18)27(19(17)23)13-9-7-12(8-10-13)21(30)24-11-16(28)29/h3-10H,2,11,23H2,1H3,(H,24,30)(H,28,29). The number of nitrogens with zero attached hydrogens (tertiary/aromatic N) is 3. The Labute approximate surface area is 181 Å². The summed E-state index contributed by atoms with van der Waals surface area (Å²) >= 11 is 0. The lowest BCUT2D eigenvalue weighted by Gasteiger charge is -2.09. The number of nitrogens with two attached hydrogens (primary N) is 1. The highest BCUT2D eigenvalue weighted by molar-refractivity contribution is 6.09. The lowest BCUT2D eigenvalue weighted by atomic mass is 10.2. The van der Waals surface area contributed by atoms with Gasteiger partial charge in [0.15, 0.2) is 5.65 Å². The molecule has 0 atom stereocenters. The molecule has 4 aromatic rings. The monoisotopic (exact) mass is 433 g/mol. The molecular weight excluding hydrogens is 414 g/mol. The number of benzene rings is 2. The van der Waals surface area contributed by atoms with Gasteiger partial charge in [-0.15, -0.1) is 0 Å². The summed E-state index contributed by atoms with van der Waals surface area (Å²) in [7, 11) is 0. The van der Waals surface area contributed by atoms with Crippen LogP contribution in [0.4, 0.5) is 5.82 Å². The summed E-state index contributed by atoms with van der Waals surface area (Å²) in [5.41, 5.74) is 9.19. The van der Waals surface area contributed by atoms with Crippen molar-refractivity contribution in [1.82, 2.24) is 19.9 Å². The number of rotatable bonds is 6. The van der Waals surface area contributed by atoms with Gasteiger partial charge < -0.3 is 20.9 Å². The van der Waals surface area contributed by atoms with Gasteiger partial charge >= 0.3 is 11.9 Å². The largest absolute Gasteiger partial charge is 0.480 e. The molecule has 10 nitrogen and oxygen atoms in total. The molecule has 0 radical (unpaired) electrons. The topological polar surface area (TPSA) is 149 Å². The molecule has 2 aromatic carbocycles. The van der Waals surface area contributed by atoms with Crippen LogP contribution in [0.2, 0.25) is 0 Å². The zero-order valence-corrected chi connectivity index (χ0v) is 17.0. The van der Waals surface area contributed by atoms with Gasteiger partial charge in [0.2, 0.25) is 0 Å². The SMILES string of the molecule is CCOC(=O)c1c(N)n(-c2ccc(C(=O)NCC(=O)O)cc2)c2nc3ccccc3nc12. The normalized spacial score (nSPS) is 10.9. The Kier molecular flexibility index (Phi) is 5.42. The van der Waals surface area contributed by atoms with Crippen molar-refractivity contribution in [1.29, 1.82) is 0 Å². The smallest absolute Gasteiger partial charge is 0.344 e. The predicted octanol–water partition coefficient (Wildman–Crippen LogP) is 2.15. The average Bonchev–Trinajstić information content (AvgIpc) is 3.06. The van der Waals surface area contributed by atoms with Crippen LogP contribution in [0.3, 0.4) is 0 Å². The molecule has 4 N–H and O–H groups in total. The Morgan fingerprint density at radius 1 is 1.06 bits per heavy atom. The molecule has 0 saturated heterocycles. The number of ether oxygens (including phenoxy) is 1. The van der Waals surface area contributed by atoms with Crippen molar-refractivity contribution in [2.75, 3.05) is 18.9 Å². The second-order valence-corrected chi connectivity index (χ2v) is 6.82. The van der Waals surface area contributed by atoms with Gasteiger partial charge in [-0.1, -0.05) is 12.1 Å². The van der Waals surface area contributed by atoms with Gasteiger partial charge in [0.05, 0.1) is 17.6 Å². The molecule has 2 heterocycles. The molecule has 0 saturated carbocycles. The molecular formula is C22H19N5O5. The van der Waals surface area contributed by atoms with E-state index < -0.39 is 24.4 Å². The Morgan fingerprint density at radius 3 is 2.34 bits per heavy atom. The highest BCUT2D eigenvalue weighted by Gasteiger charge is 2.25. The van der Waals surface area contributed by atoms with E-state index in [2.05, 4.69) is 15.3 Å². The Bertz CT molecular complexity index is 1360. The van der Waals surface area contributed by atoms with Gasteiger partial charge in [-0.3, -0.25) is 14.2 Å². The van der Waals surface area contributed by atoms with E-state index in [0.717, 1.165) is 0 Å². The highest BCUT2D eigenvalue weighted by atomic mass is 16.5. The fourth-order valence-corrected chi connectivity index (χ4v) is 3.35. The van der Waals surface area contributed by atoms with Gasteiger partial charge in [0, 0.05) is 11.3 Å². The highest BCUT2D eigenvalue weighted by Crippen LogP contribution is 2.31. The van der Waals surface area contributed by atoms with Crippen molar-refractivity contribution in [2.24, 2.45) is 0 Å². The van der Waals surface area contributed by atoms with E-state index in [1.165, 1.54) is 12.1 Å². The summed E-state index contributed by atoms with van der Waals surface area (Å²) in [6.45, 7) is 1.38. The molecule has 0 bridgehead atoms. The van der Waals surface area contributed by atoms with Gasteiger partial charge in [-0.25, -0.2) is 14.8 Å². The van der Waals surface area contributed by atoms with Gasteiger partial charge in [0.1, 0.15) is 23.4 Å². The third kappa shape index (κ3) is 3.69. The summed E-state index contributed by atoms with van der Waals surface area (Å²) < 4.78 is 6.74. The molecule has 0 spiro atoms. The van der Waals surface area contributed by atoms with Crippen molar-refractivity contribution in [2.45, 2.75) is 6.92 Å². The summed E-state index contributed by atoms with van der Waals surface area (Å²) in [6, 6.07) is 13.5. The van der Waals surface area contributed by atoms with Crippen molar-refractivity contribution in [3.63, 3.8) is 0 Å². The first-order valence-electron chi connectivity index (χ1n) is 9.75. The van der Waals surface area contributed by atoms with Crippen LogP contribution < -0.4 is 11.1 Å². The number of esters is 1. The Balaban J connectivity index is 1.85. The number of nitrogen functional groups attached to an aromatic ring is 1. The number of nitrogens with one attached hydrogen (secondary N) is 1. The Morgan fingerprint density at radius 2 is 1.72 bits per heavy atom. The van der Waals surface area contributed by atoms with Crippen molar-refractivity contribution in [3.8, 4) is 5.69 Å². The number of amides is 1. The molecule has 0 fully saturated rings. The molecule has 0 unspecified atom stereocenters. The summed E-state index contributed by atoms with van der Waals surface area (Å²) in [5, 5.41) is 11.0. The number of fused-ring (bicyclic) bond motifs is 2. The van der Waals surface area contributed by atoms with Crippen LogP contribution in [0.25, 0.3) is 27.9 Å². The van der Waals surface area contributed by atoms with Crippen molar-refractivity contribution >= 4 is 45.9 Å². The minimum absolute atomic E-state index is 0.108.